The molecule has 0 N–H and O–H groups in total. The minimum absolute atomic E-state index is 0.137. The van der Waals surface area contributed by atoms with E-state index in [1.54, 1.807) is 0 Å². The molecule has 1 spiro atoms. The average Bonchev–Trinajstić information content (AvgIpc) is 2.87. The number of carbonyl (C=O) groups excluding carboxylic acids is 1. The SMILES string of the molecule is C=C1CO[C@]2(CCCN(C(=O)OC(C)(C)C)[C@H]2c2ccccc2)C1. The summed E-state index contributed by atoms with van der Waals surface area (Å²) >= 11 is 0. The van der Waals surface area contributed by atoms with Gasteiger partial charge in [0.15, 0.2) is 0 Å². The van der Waals surface area contributed by atoms with Crippen LogP contribution < -0.4 is 0 Å². The van der Waals surface area contributed by atoms with Crippen LogP contribution in [0.1, 0.15) is 51.6 Å². The van der Waals surface area contributed by atoms with Crippen LogP contribution in [0.5, 0.6) is 0 Å². The van der Waals surface area contributed by atoms with Gasteiger partial charge < -0.3 is 9.47 Å². The van der Waals surface area contributed by atoms with Crippen LogP contribution in [-0.2, 0) is 9.47 Å². The maximum atomic E-state index is 12.8. The molecular formula is C20H27NO3. The Kier molecular flexibility index (Phi) is 4.43. The van der Waals surface area contributed by atoms with Crippen LogP contribution >= 0.6 is 0 Å². The van der Waals surface area contributed by atoms with Gasteiger partial charge in [-0.15, -0.1) is 0 Å². The zero-order valence-corrected chi connectivity index (χ0v) is 14.9. The molecule has 2 atom stereocenters. The van der Waals surface area contributed by atoms with Crippen molar-refractivity contribution in [2.24, 2.45) is 0 Å². The van der Waals surface area contributed by atoms with Crippen LogP contribution in [0, 0.1) is 0 Å². The van der Waals surface area contributed by atoms with E-state index in [9.17, 15) is 4.79 Å². The molecular weight excluding hydrogens is 302 g/mol. The van der Waals surface area contributed by atoms with Crippen molar-refractivity contribution in [1.82, 2.24) is 4.90 Å². The van der Waals surface area contributed by atoms with Crippen LogP contribution in [0.4, 0.5) is 4.79 Å². The fraction of sp³-hybridized carbons (Fsp3) is 0.550. The predicted octanol–water partition coefficient (Wildman–Crippen LogP) is 4.47. The number of amides is 1. The molecule has 2 saturated heterocycles. The van der Waals surface area contributed by atoms with E-state index in [0.29, 0.717) is 13.2 Å². The molecule has 130 valence electrons. The monoisotopic (exact) mass is 329 g/mol. The normalized spacial score (nSPS) is 27.5. The summed E-state index contributed by atoms with van der Waals surface area (Å²) in [5, 5.41) is 0. The quantitative estimate of drug-likeness (QED) is 0.713. The summed E-state index contributed by atoms with van der Waals surface area (Å²) in [5.74, 6) is 0. The third kappa shape index (κ3) is 3.34. The van der Waals surface area contributed by atoms with Crippen LogP contribution in [-0.4, -0.2) is 35.3 Å². The van der Waals surface area contributed by atoms with E-state index in [0.717, 1.165) is 30.4 Å². The highest BCUT2D eigenvalue weighted by Crippen LogP contribution is 2.48. The molecule has 0 radical (unpaired) electrons. The van der Waals surface area contributed by atoms with E-state index >= 15 is 0 Å². The predicted molar refractivity (Wildman–Crippen MR) is 93.8 cm³/mol. The molecule has 1 aromatic carbocycles. The Morgan fingerprint density at radius 3 is 2.62 bits per heavy atom. The second-order valence-electron chi connectivity index (χ2n) is 7.87. The number of hydrogen-bond donors (Lipinski definition) is 0. The standard InChI is InChI=1S/C20H27NO3/c1-15-13-20(23-14-15)11-8-12-21(18(22)24-19(2,3)4)17(20)16-9-6-5-7-10-16/h5-7,9-10,17H,1,8,11-14H2,2-4H3/t17-,20+/m0/s1. The van der Waals surface area contributed by atoms with E-state index < -0.39 is 5.60 Å². The largest absolute Gasteiger partial charge is 0.444 e. The first kappa shape index (κ1) is 17.0. The topological polar surface area (TPSA) is 38.8 Å². The van der Waals surface area contributed by atoms with Crippen LogP contribution in [0.2, 0.25) is 0 Å². The number of nitrogens with zero attached hydrogens (tertiary/aromatic N) is 1. The third-order valence-electron chi connectivity index (χ3n) is 4.67. The molecule has 2 heterocycles. The van der Waals surface area contributed by atoms with Gasteiger partial charge in [-0.1, -0.05) is 36.9 Å². The lowest BCUT2D eigenvalue weighted by molar-refractivity contribution is -0.0980. The van der Waals surface area contributed by atoms with Crippen molar-refractivity contribution in [3.8, 4) is 0 Å². The van der Waals surface area contributed by atoms with Crippen molar-refractivity contribution in [2.45, 2.75) is 57.3 Å². The number of hydrogen-bond acceptors (Lipinski definition) is 3. The van der Waals surface area contributed by atoms with Crippen molar-refractivity contribution in [1.29, 1.82) is 0 Å². The number of piperidine rings is 1. The van der Waals surface area contributed by atoms with Crippen LogP contribution in [0.3, 0.4) is 0 Å². The Morgan fingerprint density at radius 1 is 1.33 bits per heavy atom. The van der Waals surface area contributed by atoms with Gasteiger partial charge in [-0.3, -0.25) is 4.90 Å². The average molecular weight is 329 g/mol. The number of carbonyl (C=O) groups is 1. The lowest BCUT2D eigenvalue weighted by Gasteiger charge is -2.47. The van der Waals surface area contributed by atoms with E-state index in [1.807, 2.05) is 43.9 Å². The smallest absolute Gasteiger partial charge is 0.410 e. The highest BCUT2D eigenvalue weighted by atomic mass is 16.6. The van der Waals surface area contributed by atoms with Crippen molar-refractivity contribution in [2.75, 3.05) is 13.2 Å². The van der Waals surface area contributed by atoms with Crippen molar-refractivity contribution >= 4 is 6.09 Å². The van der Waals surface area contributed by atoms with E-state index in [2.05, 4.69) is 18.7 Å². The zero-order chi connectivity index (χ0) is 17.4. The number of benzene rings is 1. The first-order valence-electron chi connectivity index (χ1n) is 8.66. The van der Waals surface area contributed by atoms with E-state index in [1.165, 1.54) is 0 Å². The molecule has 2 aliphatic heterocycles. The Labute approximate surface area is 144 Å². The fourth-order valence-electron chi connectivity index (χ4n) is 3.84. The van der Waals surface area contributed by atoms with E-state index in [-0.39, 0.29) is 17.7 Å². The van der Waals surface area contributed by atoms with Gasteiger partial charge in [0.25, 0.3) is 0 Å². The lowest BCUT2D eigenvalue weighted by Crippen LogP contribution is -2.53. The van der Waals surface area contributed by atoms with Crippen molar-refractivity contribution in [3.05, 3.63) is 48.0 Å². The van der Waals surface area contributed by atoms with Gasteiger partial charge in [0, 0.05) is 13.0 Å². The zero-order valence-electron chi connectivity index (χ0n) is 14.9. The molecule has 1 amide bonds. The minimum Gasteiger partial charge on any atom is -0.444 e. The lowest BCUT2D eigenvalue weighted by atomic mass is 9.78. The summed E-state index contributed by atoms with van der Waals surface area (Å²) < 4.78 is 11.9. The molecule has 0 aliphatic carbocycles. The molecule has 0 unspecified atom stereocenters. The molecule has 3 rings (SSSR count). The van der Waals surface area contributed by atoms with Gasteiger partial charge in [-0.2, -0.15) is 0 Å². The molecule has 0 saturated carbocycles. The Morgan fingerprint density at radius 2 is 2.04 bits per heavy atom. The first-order chi connectivity index (χ1) is 11.3. The summed E-state index contributed by atoms with van der Waals surface area (Å²) in [6.45, 7) is 11.1. The number of rotatable bonds is 1. The molecule has 4 heteroatoms. The molecule has 1 aromatic rings. The van der Waals surface area contributed by atoms with Crippen molar-refractivity contribution < 1.29 is 14.3 Å². The first-order valence-corrected chi connectivity index (χ1v) is 8.66. The van der Waals surface area contributed by atoms with Gasteiger partial charge in [0.1, 0.15) is 5.60 Å². The Bertz CT molecular complexity index is 620. The third-order valence-corrected chi connectivity index (χ3v) is 4.67. The second-order valence-corrected chi connectivity index (χ2v) is 7.87. The maximum Gasteiger partial charge on any atom is 0.410 e. The summed E-state index contributed by atoms with van der Waals surface area (Å²) in [4.78, 5) is 14.7. The summed E-state index contributed by atoms with van der Waals surface area (Å²) in [6.07, 6.45) is 2.38. The highest BCUT2D eigenvalue weighted by Gasteiger charge is 2.51. The van der Waals surface area contributed by atoms with Crippen LogP contribution in [0.25, 0.3) is 0 Å². The van der Waals surface area contributed by atoms with Gasteiger partial charge in [-0.25, -0.2) is 4.79 Å². The Hall–Kier alpha value is -1.81. The van der Waals surface area contributed by atoms with Crippen molar-refractivity contribution in [3.63, 3.8) is 0 Å². The fourth-order valence-corrected chi connectivity index (χ4v) is 3.84. The van der Waals surface area contributed by atoms with Gasteiger partial charge in [0.2, 0.25) is 0 Å². The van der Waals surface area contributed by atoms with Crippen LogP contribution in [0.15, 0.2) is 42.5 Å². The molecule has 24 heavy (non-hydrogen) atoms. The maximum absolute atomic E-state index is 12.8. The molecule has 4 nitrogen and oxygen atoms in total. The van der Waals surface area contributed by atoms with Gasteiger partial charge >= 0.3 is 6.09 Å². The van der Waals surface area contributed by atoms with Gasteiger partial charge in [-0.05, 0) is 44.7 Å². The summed E-state index contributed by atoms with van der Waals surface area (Å²) in [7, 11) is 0. The Balaban J connectivity index is 1.97. The van der Waals surface area contributed by atoms with Gasteiger partial charge in [0.05, 0.1) is 18.2 Å². The highest BCUT2D eigenvalue weighted by molar-refractivity contribution is 5.69. The number of ether oxygens (including phenoxy) is 2. The molecule has 2 aliphatic rings. The summed E-state index contributed by atoms with van der Waals surface area (Å²) in [5.41, 5.74) is 1.30. The second kappa shape index (κ2) is 6.25. The molecule has 0 bridgehead atoms. The minimum atomic E-state index is -0.511. The summed E-state index contributed by atoms with van der Waals surface area (Å²) in [6, 6.07) is 10.0. The van der Waals surface area contributed by atoms with E-state index in [4.69, 9.17) is 9.47 Å². The number of likely N-dealkylation sites (tertiary alicyclic amines) is 1. The molecule has 0 aromatic heterocycles. The molecule has 2 fully saturated rings.